The molecule has 32 heavy (non-hydrogen) atoms. The summed E-state index contributed by atoms with van der Waals surface area (Å²) in [6.07, 6.45) is 11.2. The zero-order chi connectivity index (χ0) is 22.9. The molecule has 0 atom stereocenters. The number of amides is 1. The first kappa shape index (κ1) is 24.8. The van der Waals surface area contributed by atoms with Crippen LogP contribution in [0.3, 0.4) is 0 Å². The average molecular weight is 461 g/mol. The number of anilines is 1. The number of thioether (sulfide) groups is 1. The molecular weight excluding hydrogens is 420 g/mol. The molecule has 0 saturated heterocycles. The van der Waals surface area contributed by atoms with E-state index >= 15 is 0 Å². The minimum absolute atomic E-state index is 0.170. The first-order chi connectivity index (χ1) is 15.5. The maximum Gasteiger partial charge on any atom is 0.223 e. The molecule has 1 fully saturated rings. The van der Waals surface area contributed by atoms with Gasteiger partial charge in [0.1, 0.15) is 5.82 Å². The van der Waals surface area contributed by atoms with E-state index in [-0.39, 0.29) is 11.8 Å². The van der Waals surface area contributed by atoms with Crippen molar-refractivity contribution in [1.29, 1.82) is 0 Å². The van der Waals surface area contributed by atoms with Crippen molar-refractivity contribution in [2.75, 3.05) is 18.4 Å². The monoisotopic (exact) mass is 460 g/mol. The van der Waals surface area contributed by atoms with Crippen LogP contribution in [0, 0.1) is 11.8 Å². The molecule has 0 aliphatic heterocycles. The lowest BCUT2D eigenvalue weighted by molar-refractivity contribution is -0.126. The molecule has 0 bridgehead atoms. The molecule has 2 heterocycles. The van der Waals surface area contributed by atoms with E-state index in [0.717, 1.165) is 53.7 Å². The van der Waals surface area contributed by atoms with E-state index < -0.39 is 0 Å². The van der Waals surface area contributed by atoms with Crippen LogP contribution in [-0.2, 0) is 11.3 Å². The number of carbonyl (C=O) groups excluding carboxylic acids is 1. The summed E-state index contributed by atoms with van der Waals surface area (Å²) in [5.74, 6) is 2.03. The van der Waals surface area contributed by atoms with E-state index in [4.69, 9.17) is 9.97 Å². The predicted octanol–water partition coefficient (Wildman–Crippen LogP) is 5.26. The predicted molar refractivity (Wildman–Crippen MR) is 133 cm³/mol. The van der Waals surface area contributed by atoms with Crippen LogP contribution in [0.4, 0.5) is 5.82 Å². The molecule has 1 aliphatic rings. The number of hydrogen-bond donors (Lipinski definition) is 2. The molecule has 8 heteroatoms. The van der Waals surface area contributed by atoms with Crippen molar-refractivity contribution in [3.63, 3.8) is 0 Å². The molecule has 0 aromatic carbocycles. The van der Waals surface area contributed by atoms with Gasteiger partial charge in [0.25, 0.3) is 0 Å². The fourth-order valence-electron chi connectivity index (χ4n) is 4.38. The molecule has 0 unspecified atom stereocenters. The van der Waals surface area contributed by atoms with Crippen LogP contribution < -0.4 is 10.6 Å². The fraction of sp³-hybridized carbons (Fsp3) is 0.750. The van der Waals surface area contributed by atoms with Crippen molar-refractivity contribution >= 4 is 34.5 Å². The number of unbranched alkanes of at least 4 members (excludes halogenated alkanes) is 1. The van der Waals surface area contributed by atoms with Gasteiger partial charge in [-0.15, -0.1) is 0 Å². The Morgan fingerprint density at radius 3 is 2.62 bits per heavy atom. The molecule has 2 N–H and O–H groups in total. The van der Waals surface area contributed by atoms with Gasteiger partial charge in [0.15, 0.2) is 10.8 Å². The van der Waals surface area contributed by atoms with Crippen molar-refractivity contribution < 1.29 is 4.79 Å². The Labute approximate surface area is 196 Å². The van der Waals surface area contributed by atoms with E-state index in [1.165, 1.54) is 32.1 Å². The van der Waals surface area contributed by atoms with Crippen LogP contribution in [0.5, 0.6) is 0 Å². The van der Waals surface area contributed by atoms with E-state index in [1.54, 1.807) is 11.8 Å². The van der Waals surface area contributed by atoms with Crippen molar-refractivity contribution in [2.45, 2.75) is 96.0 Å². The van der Waals surface area contributed by atoms with Crippen LogP contribution >= 0.6 is 11.8 Å². The van der Waals surface area contributed by atoms with Gasteiger partial charge in [0.2, 0.25) is 5.91 Å². The van der Waals surface area contributed by atoms with Crippen molar-refractivity contribution in [3.8, 4) is 0 Å². The number of hydrogen-bond acceptors (Lipinski definition) is 6. The summed E-state index contributed by atoms with van der Waals surface area (Å²) in [6, 6.07) is 0. The van der Waals surface area contributed by atoms with Crippen LogP contribution in [-0.4, -0.2) is 44.0 Å². The molecule has 0 radical (unpaired) electrons. The highest BCUT2D eigenvalue weighted by Gasteiger charge is 2.25. The molecule has 7 nitrogen and oxygen atoms in total. The molecule has 1 saturated carbocycles. The zero-order valence-electron chi connectivity index (χ0n) is 20.2. The van der Waals surface area contributed by atoms with Crippen LogP contribution in [0.25, 0.3) is 11.0 Å². The van der Waals surface area contributed by atoms with Crippen LogP contribution in [0.1, 0.15) is 79.1 Å². The van der Waals surface area contributed by atoms with Gasteiger partial charge in [0.05, 0.1) is 18.1 Å². The van der Waals surface area contributed by atoms with Crippen molar-refractivity contribution in [2.24, 2.45) is 11.8 Å². The maximum absolute atomic E-state index is 12.7. The summed E-state index contributed by atoms with van der Waals surface area (Å²) in [6.45, 7) is 10.7. The van der Waals surface area contributed by atoms with Gasteiger partial charge < -0.3 is 10.6 Å². The summed E-state index contributed by atoms with van der Waals surface area (Å²) in [5.41, 5.74) is 0.826. The van der Waals surface area contributed by atoms with E-state index in [2.05, 4.69) is 43.4 Å². The minimum atomic E-state index is 0.170. The average Bonchev–Trinajstić information content (AvgIpc) is 3.19. The molecule has 1 aliphatic carbocycles. The van der Waals surface area contributed by atoms with Gasteiger partial charge in [0, 0.05) is 24.3 Å². The third-order valence-corrected chi connectivity index (χ3v) is 7.03. The largest absolute Gasteiger partial charge is 0.369 e. The Hall–Kier alpha value is -1.83. The quantitative estimate of drug-likeness (QED) is 0.332. The van der Waals surface area contributed by atoms with E-state index in [9.17, 15) is 4.79 Å². The Balaban J connectivity index is 1.58. The lowest BCUT2D eigenvalue weighted by atomic mass is 9.79. The summed E-state index contributed by atoms with van der Waals surface area (Å²) in [4.78, 5) is 22.1. The van der Waals surface area contributed by atoms with Crippen molar-refractivity contribution in [1.82, 2.24) is 25.1 Å². The second-order valence-electron chi connectivity index (χ2n) is 9.20. The number of fused-ring (bicyclic) bond motifs is 1. The van der Waals surface area contributed by atoms with Gasteiger partial charge in [-0.05, 0) is 38.0 Å². The standard InChI is InChI=1S/C24H40N6OS/c1-5-7-8-18-9-11-19(12-10-18)23(31)26-14-15-30-22-20(16-27-30)21(25-13-6-2)28-24(29-22)32-17(3)4/h16-19H,5-15H2,1-4H3,(H,26,31)(H,25,28,29). The number of aromatic nitrogens is 4. The number of carbonyl (C=O) groups is 1. The van der Waals surface area contributed by atoms with E-state index in [1.807, 2.05) is 10.9 Å². The van der Waals surface area contributed by atoms with Crippen LogP contribution in [0.2, 0.25) is 0 Å². The highest BCUT2D eigenvalue weighted by molar-refractivity contribution is 7.99. The molecule has 2 aromatic heterocycles. The summed E-state index contributed by atoms with van der Waals surface area (Å²) >= 11 is 1.65. The topological polar surface area (TPSA) is 84.7 Å². The Morgan fingerprint density at radius 1 is 1.16 bits per heavy atom. The normalized spacial score (nSPS) is 18.9. The third kappa shape index (κ3) is 6.83. The Morgan fingerprint density at radius 2 is 1.94 bits per heavy atom. The Bertz CT molecular complexity index is 860. The highest BCUT2D eigenvalue weighted by Crippen LogP contribution is 2.32. The fourth-order valence-corrected chi connectivity index (χ4v) is 5.08. The SMILES string of the molecule is CCCCC1CCC(C(=O)NCCn2ncc3c(NCCC)nc(SC(C)C)nc32)CC1. The second-order valence-corrected chi connectivity index (χ2v) is 10.7. The molecule has 2 aromatic rings. The minimum Gasteiger partial charge on any atom is -0.369 e. The Kier molecular flexibility index (Phi) is 9.63. The molecule has 3 rings (SSSR count). The molecule has 1 amide bonds. The smallest absolute Gasteiger partial charge is 0.223 e. The maximum atomic E-state index is 12.7. The number of nitrogens with zero attached hydrogens (tertiary/aromatic N) is 4. The van der Waals surface area contributed by atoms with Gasteiger partial charge in [-0.3, -0.25) is 4.79 Å². The molecule has 178 valence electrons. The first-order valence-corrected chi connectivity index (χ1v) is 13.3. The highest BCUT2D eigenvalue weighted by atomic mass is 32.2. The molecule has 0 spiro atoms. The van der Waals surface area contributed by atoms with E-state index in [0.29, 0.717) is 18.3 Å². The van der Waals surface area contributed by atoms with Crippen molar-refractivity contribution in [3.05, 3.63) is 6.20 Å². The number of rotatable bonds is 12. The van der Waals surface area contributed by atoms with Gasteiger partial charge in [-0.25, -0.2) is 14.6 Å². The summed E-state index contributed by atoms with van der Waals surface area (Å²) in [5, 5.41) is 13.2. The summed E-state index contributed by atoms with van der Waals surface area (Å²) < 4.78 is 1.89. The summed E-state index contributed by atoms with van der Waals surface area (Å²) in [7, 11) is 0. The van der Waals surface area contributed by atoms with Gasteiger partial charge in [-0.2, -0.15) is 5.10 Å². The lowest BCUT2D eigenvalue weighted by Gasteiger charge is -2.27. The second kappa shape index (κ2) is 12.4. The van der Waals surface area contributed by atoms with Gasteiger partial charge >= 0.3 is 0 Å². The van der Waals surface area contributed by atoms with Crippen LogP contribution in [0.15, 0.2) is 11.4 Å². The lowest BCUT2D eigenvalue weighted by Crippen LogP contribution is -2.35. The van der Waals surface area contributed by atoms with Gasteiger partial charge in [-0.1, -0.05) is 58.7 Å². The number of nitrogens with one attached hydrogen (secondary N) is 2. The third-order valence-electron chi connectivity index (χ3n) is 6.17. The molecular formula is C24H40N6OS. The first-order valence-electron chi connectivity index (χ1n) is 12.4. The zero-order valence-corrected chi connectivity index (χ0v) is 21.0.